The Bertz CT molecular complexity index is 960. The number of carbonyl (C=O) groups excluding carboxylic acids is 1. The summed E-state index contributed by atoms with van der Waals surface area (Å²) in [5.41, 5.74) is 0.638. The third-order valence-corrected chi connectivity index (χ3v) is 5.44. The second-order valence-electron chi connectivity index (χ2n) is 5.90. The molecule has 1 aliphatic rings. The first-order valence-electron chi connectivity index (χ1n) is 8.28. The number of thioether (sulfide) groups is 1. The Labute approximate surface area is 168 Å². The Morgan fingerprint density at radius 1 is 1.15 bits per heavy atom. The number of carbonyl (C=O) groups is 1. The summed E-state index contributed by atoms with van der Waals surface area (Å²) >= 11 is 4.59. The summed E-state index contributed by atoms with van der Waals surface area (Å²) in [5.74, 6) is 1.66. The Hall–Kier alpha value is -2.32. The quantitative estimate of drug-likeness (QED) is 0.414. The molecule has 3 aromatic rings. The van der Waals surface area contributed by atoms with Gasteiger partial charge >= 0.3 is 0 Å². The van der Waals surface area contributed by atoms with E-state index < -0.39 is 6.10 Å². The largest absolute Gasteiger partial charge is 0.485 e. The first kappa shape index (κ1) is 18.1. The van der Waals surface area contributed by atoms with Gasteiger partial charge in [-0.2, -0.15) is 0 Å². The monoisotopic (exact) mass is 446 g/mol. The zero-order chi connectivity index (χ0) is 18.8. The van der Waals surface area contributed by atoms with E-state index in [1.807, 2.05) is 43.3 Å². The molecule has 1 aromatic heterocycles. The van der Waals surface area contributed by atoms with Gasteiger partial charge in [0.05, 0.1) is 5.25 Å². The molecule has 1 aliphatic heterocycles. The van der Waals surface area contributed by atoms with Crippen molar-refractivity contribution in [3.8, 4) is 11.5 Å². The van der Waals surface area contributed by atoms with Crippen LogP contribution in [-0.2, 0) is 0 Å². The fourth-order valence-corrected chi connectivity index (χ4v) is 3.62. The summed E-state index contributed by atoms with van der Waals surface area (Å²) < 4.78 is 18.1. The molecule has 27 heavy (non-hydrogen) atoms. The normalized spacial score (nSPS) is 16.7. The number of hydrogen-bond acceptors (Lipinski definition) is 7. The van der Waals surface area contributed by atoms with Crippen LogP contribution in [0.3, 0.4) is 0 Å². The molecule has 0 saturated heterocycles. The lowest BCUT2D eigenvalue weighted by Gasteiger charge is -2.23. The van der Waals surface area contributed by atoms with Gasteiger partial charge in [-0.1, -0.05) is 52.0 Å². The molecular weight excluding hydrogens is 432 g/mol. The molecule has 6 nitrogen and oxygen atoms in total. The van der Waals surface area contributed by atoms with Crippen molar-refractivity contribution in [2.24, 2.45) is 0 Å². The van der Waals surface area contributed by atoms with Crippen molar-refractivity contribution in [2.45, 2.75) is 23.5 Å². The summed E-state index contributed by atoms with van der Waals surface area (Å²) in [6.07, 6.45) is -0.473. The number of ether oxygens (including phenoxy) is 2. The first-order valence-corrected chi connectivity index (χ1v) is 9.96. The van der Waals surface area contributed by atoms with E-state index in [1.165, 1.54) is 11.8 Å². The van der Waals surface area contributed by atoms with E-state index >= 15 is 0 Å². The molecule has 0 fully saturated rings. The topological polar surface area (TPSA) is 74.5 Å². The minimum atomic E-state index is -0.473. The van der Waals surface area contributed by atoms with Crippen LogP contribution in [0, 0.1) is 0 Å². The number of ketones is 1. The van der Waals surface area contributed by atoms with Gasteiger partial charge in [0.2, 0.25) is 6.10 Å². The second kappa shape index (κ2) is 7.74. The SMILES string of the molecule is CC(Sc1nnc(C2COc3ccccc3O2)o1)C(=O)c1ccc(Br)cc1. The van der Waals surface area contributed by atoms with E-state index in [-0.39, 0.29) is 17.6 Å². The number of fused-ring (bicyclic) bond motifs is 1. The molecule has 0 spiro atoms. The van der Waals surface area contributed by atoms with Crippen molar-refractivity contribution in [3.05, 3.63) is 64.5 Å². The van der Waals surface area contributed by atoms with Crippen LogP contribution in [0.2, 0.25) is 0 Å². The van der Waals surface area contributed by atoms with Crippen molar-refractivity contribution >= 4 is 33.5 Å². The summed E-state index contributed by atoms with van der Waals surface area (Å²) in [4.78, 5) is 12.5. The van der Waals surface area contributed by atoms with Gasteiger partial charge in [0, 0.05) is 10.0 Å². The van der Waals surface area contributed by atoms with E-state index in [0.717, 1.165) is 4.47 Å². The Kier molecular flexibility index (Phi) is 5.18. The number of benzene rings is 2. The van der Waals surface area contributed by atoms with Crippen molar-refractivity contribution in [2.75, 3.05) is 6.61 Å². The second-order valence-corrected chi connectivity index (χ2v) is 8.11. The van der Waals surface area contributed by atoms with Crippen LogP contribution >= 0.6 is 27.7 Å². The number of nitrogens with zero attached hydrogens (tertiary/aromatic N) is 2. The van der Waals surface area contributed by atoms with Crippen molar-refractivity contribution in [1.82, 2.24) is 10.2 Å². The molecule has 0 aliphatic carbocycles. The predicted molar refractivity (Wildman–Crippen MR) is 103 cm³/mol. The minimum absolute atomic E-state index is 0.00146. The summed E-state index contributed by atoms with van der Waals surface area (Å²) in [5, 5.41) is 8.04. The third kappa shape index (κ3) is 4.01. The molecule has 0 bridgehead atoms. The predicted octanol–water partition coefficient (Wildman–Crippen LogP) is 4.71. The van der Waals surface area contributed by atoms with Gasteiger partial charge < -0.3 is 13.9 Å². The highest BCUT2D eigenvalue weighted by Crippen LogP contribution is 2.36. The molecule has 8 heteroatoms. The van der Waals surface area contributed by atoms with Crippen molar-refractivity contribution in [3.63, 3.8) is 0 Å². The van der Waals surface area contributed by atoms with Crippen LogP contribution in [0.25, 0.3) is 0 Å². The van der Waals surface area contributed by atoms with Crippen LogP contribution in [0.15, 0.2) is 62.6 Å². The van der Waals surface area contributed by atoms with Crippen LogP contribution in [0.5, 0.6) is 11.5 Å². The summed E-state index contributed by atoms with van der Waals surface area (Å²) in [7, 11) is 0. The number of halogens is 1. The fourth-order valence-electron chi connectivity index (χ4n) is 2.59. The molecule has 0 N–H and O–H groups in total. The van der Waals surface area contributed by atoms with Crippen LogP contribution in [0.4, 0.5) is 0 Å². The van der Waals surface area contributed by atoms with Gasteiger partial charge in [-0.15, -0.1) is 10.2 Å². The highest BCUT2D eigenvalue weighted by molar-refractivity contribution is 9.10. The van der Waals surface area contributed by atoms with E-state index in [4.69, 9.17) is 13.9 Å². The lowest BCUT2D eigenvalue weighted by Crippen LogP contribution is -2.21. The molecule has 0 radical (unpaired) electrons. The smallest absolute Gasteiger partial charge is 0.277 e. The number of para-hydroxylation sites is 2. The van der Waals surface area contributed by atoms with Crippen LogP contribution in [-0.4, -0.2) is 27.8 Å². The van der Waals surface area contributed by atoms with Gasteiger partial charge in [-0.3, -0.25) is 4.79 Å². The molecule has 2 aromatic carbocycles. The number of Topliss-reactive ketones (excluding diaryl/α,β-unsaturated/α-hetero) is 1. The molecule has 2 unspecified atom stereocenters. The zero-order valence-electron chi connectivity index (χ0n) is 14.3. The third-order valence-electron chi connectivity index (χ3n) is 3.98. The summed E-state index contributed by atoms with van der Waals surface area (Å²) in [6, 6.07) is 14.7. The van der Waals surface area contributed by atoms with Gasteiger partial charge in [0.1, 0.15) is 6.61 Å². The standard InChI is InChI=1S/C19H15BrN2O4S/c1-11(17(23)12-6-8-13(20)9-7-12)27-19-22-21-18(26-19)16-10-24-14-4-2-3-5-15(14)25-16/h2-9,11,16H,10H2,1H3. The van der Waals surface area contributed by atoms with E-state index in [1.54, 1.807) is 12.1 Å². The number of rotatable bonds is 5. The molecule has 4 rings (SSSR count). The molecule has 0 amide bonds. The van der Waals surface area contributed by atoms with Gasteiger partial charge in [-0.05, 0) is 31.2 Å². The Morgan fingerprint density at radius 2 is 1.89 bits per heavy atom. The minimum Gasteiger partial charge on any atom is -0.485 e. The Morgan fingerprint density at radius 3 is 2.67 bits per heavy atom. The van der Waals surface area contributed by atoms with Gasteiger partial charge in [-0.25, -0.2) is 0 Å². The van der Waals surface area contributed by atoms with Crippen molar-refractivity contribution in [1.29, 1.82) is 0 Å². The zero-order valence-corrected chi connectivity index (χ0v) is 16.7. The molecule has 2 heterocycles. The average Bonchev–Trinajstić information content (AvgIpc) is 3.16. The van der Waals surface area contributed by atoms with Crippen LogP contribution in [0.1, 0.15) is 29.3 Å². The molecular formula is C19H15BrN2O4S. The molecule has 138 valence electrons. The van der Waals surface area contributed by atoms with Crippen LogP contribution < -0.4 is 9.47 Å². The summed E-state index contributed by atoms with van der Waals surface area (Å²) in [6.45, 7) is 2.10. The van der Waals surface area contributed by atoms with E-state index in [9.17, 15) is 4.79 Å². The maximum atomic E-state index is 12.5. The molecule has 0 saturated carbocycles. The highest BCUT2D eigenvalue weighted by Gasteiger charge is 2.28. The lowest BCUT2D eigenvalue weighted by molar-refractivity contribution is 0.0686. The number of aromatic nitrogens is 2. The van der Waals surface area contributed by atoms with Crippen molar-refractivity contribution < 1.29 is 18.7 Å². The average molecular weight is 447 g/mol. The highest BCUT2D eigenvalue weighted by atomic mass is 79.9. The molecule has 2 atom stereocenters. The first-order chi connectivity index (χ1) is 13.1. The fraction of sp³-hybridized carbons (Fsp3) is 0.211. The van der Waals surface area contributed by atoms with Gasteiger partial charge in [0.15, 0.2) is 17.3 Å². The lowest BCUT2D eigenvalue weighted by atomic mass is 10.1. The van der Waals surface area contributed by atoms with E-state index in [2.05, 4.69) is 26.1 Å². The van der Waals surface area contributed by atoms with E-state index in [0.29, 0.717) is 28.2 Å². The Balaban J connectivity index is 1.42. The van der Waals surface area contributed by atoms with Gasteiger partial charge in [0.25, 0.3) is 11.1 Å². The number of hydrogen-bond donors (Lipinski definition) is 0. The maximum Gasteiger partial charge on any atom is 0.277 e. The maximum absolute atomic E-state index is 12.5.